The van der Waals surface area contributed by atoms with Crippen molar-refractivity contribution in [3.05, 3.63) is 0 Å². The maximum Gasteiger partial charge on any atom is 0.404 e. The van der Waals surface area contributed by atoms with Crippen LogP contribution in [-0.2, 0) is 24.2 Å². The van der Waals surface area contributed by atoms with Gasteiger partial charge in [-0.2, -0.15) is 0 Å². The van der Waals surface area contributed by atoms with Gasteiger partial charge in [0.15, 0.2) is 0 Å². The summed E-state index contributed by atoms with van der Waals surface area (Å²) in [4.78, 5) is 40.3. The molecule has 0 spiro atoms. The zero-order valence-electron chi connectivity index (χ0n) is 8.76. The van der Waals surface area contributed by atoms with Gasteiger partial charge < -0.3 is 16.2 Å². The Morgan fingerprint density at radius 1 is 1.38 bits per heavy atom. The fourth-order valence-electron chi connectivity index (χ4n) is 0.649. The summed E-state index contributed by atoms with van der Waals surface area (Å²) in [7, 11) is 0. The molecule has 0 aromatic rings. The summed E-state index contributed by atoms with van der Waals surface area (Å²) < 4.78 is 0. The molecule has 0 aromatic carbocycles. The molecule has 92 valence electrons. The van der Waals surface area contributed by atoms with E-state index in [1.165, 1.54) is 0 Å². The van der Waals surface area contributed by atoms with Crippen LogP contribution in [0.4, 0.5) is 0 Å². The molecular weight excluding hydrogens is 220 g/mol. The quantitative estimate of drug-likeness (QED) is 0.290. The van der Waals surface area contributed by atoms with Gasteiger partial charge in [-0.15, -0.1) is 0 Å². The van der Waals surface area contributed by atoms with Crippen molar-refractivity contribution in [3.8, 4) is 0 Å². The third-order valence-corrected chi connectivity index (χ3v) is 1.38. The van der Waals surface area contributed by atoms with E-state index < -0.39 is 24.1 Å². The van der Waals surface area contributed by atoms with Crippen LogP contribution in [0.2, 0.25) is 0 Å². The molecular formula is C8H14N2O6. The Bertz CT molecular complexity index is 267. The van der Waals surface area contributed by atoms with Crippen LogP contribution in [0.5, 0.6) is 0 Å². The summed E-state index contributed by atoms with van der Waals surface area (Å²) in [6.45, 7) is 1.35. The molecule has 16 heavy (non-hydrogen) atoms. The molecule has 8 nitrogen and oxygen atoms in total. The average Bonchev–Trinajstić information content (AvgIpc) is 2.25. The van der Waals surface area contributed by atoms with Gasteiger partial charge in [0.25, 0.3) is 0 Å². The third-order valence-electron chi connectivity index (χ3n) is 1.38. The molecule has 1 unspecified atom stereocenters. The number of nitrogens with one attached hydrogen (secondary N) is 1. The third kappa shape index (κ3) is 5.94. The van der Waals surface area contributed by atoms with E-state index in [4.69, 9.17) is 10.8 Å². The van der Waals surface area contributed by atoms with Crippen molar-refractivity contribution in [2.24, 2.45) is 5.73 Å². The highest BCUT2D eigenvalue weighted by Crippen LogP contribution is 1.94. The van der Waals surface area contributed by atoms with Crippen LogP contribution < -0.4 is 11.1 Å². The molecule has 0 radical (unpaired) electrons. The van der Waals surface area contributed by atoms with Crippen molar-refractivity contribution in [2.75, 3.05) is 6.54 Å². The Labute approximate surface area is 91.6 Å². The molecule has 4 N–H and O–H groups in total. The van der Waals surface area contributed by atoms with Crippen molar-refractivity contribution in [3.63, 3.8) is 0 Å². The number of aliphatic hydroxyl groups is 1. The molecule has 1 amide bonds. The minimum Gasteiger partial charge on any atom is -0.364 e. The van der Waals surface area contributed by atoms with E-state index in [0.717, 1.165) is 0 Å². The lowest BCUT2D eigenvalue weighted by Crippen LogP contribution is -2.44. The zero-order chi connectivity index (χ0) is 12.6. The first-order valence-electron chi connectivity index (χ1n) is 4.60. The first kappa shape index (κ1) is 14.3. The molecule has 8 heteroatoms. The maximum atomic E-state index is 10.9. The number of hydrogen-bond acceptors (Lipinski definition) is 7. The Balaban J connectivity index is 3.87. The fraction of sp³-hybridized carbons (Fsp3) is 0.625. The summed E-state index contributed by atoms with van der Waals surface area (Å²) in [6, 6.07) is 0. The van der Waals surface area contributed by atoms with E-state index in [9.17, 15) is 14.4 Å². The Morgan fingerprint density at radius 2 is 2.00 bits per heavy atom. The molecule has 1 atom stereocenters. The highest BCUT2D eigenvalue weighted by atomic mass is 17.2. The predicted octanol–water partition coefficient (Wildman–Crippen LogP) is -1.82. The zero-order valence-corrected chi connectivity index (χ0v) is 8.76. The average molecular weight is 234 g/mol. The molecule has 0 aliphatic heterocycles. The van der Waals surface area contributed by atoms with Crippen molar-refractivity contribution in [2.45, 2.75) is 26.0 Å². The number of aliphatic hydroxyl groups excluding tert-OH is 1. The number of amides is 1. The summed E-state index contributed by atoms with van der Waals surface area (Å²) in [5.74, 6) is -2.79. The minimum atomic E-state index is -1.91. The summed E-state index contributed by atoms with van der Waals surface area (Å²) in [5.41, 5.74) is 4.92. The number of carbonyl (C=O) groups excluding carboxylic acids is 3. The second kappa shape index (κ2) is 7.60. The summed E-state index contributed by atoms with van der Waals surface area (Å²) >= 11 is 0. The van der Waals surface area contributed by atoms with Gasteiger partial charge in [0.2, 0.25) is 12.1 Å². The van der Waals surface area contributed by atoms with Crippen LogP contribution in [-0.4, -0.2) is 35.7 Å². The Hall–Kier alpha value is -1.67. The van der Waals surface area contributed by atoms with Crippen LogP contribution in [0.1, 0.15) is 19.8 Å². The van der Waals surface area contributed by atoms with E-state index in [2.05, 4.69) is 9.78 Å². The van der Waals surface area contributed by atoms with Gasteiger partial charge in [-0.25, -0.2) is 19.4 Å². The number of rotatable bonds is 5. The van der Waals surface area contributed by atoms with Gasteiger partial charge in [0.1, 0.15) is 0 Å². The maximum absolute atomic E-state index is 10.9. The van der Waals surface area contributed by atoms with Crippen molar-refractivity contribution >= 4 is 17.8 Å². The first-order valence-corrected chi connectivity index (χ1v) is 4.60. The topological polar surface area (TPSA) is 128 Å². The minimum absolute atomic E-state index is 0.0819. The van der Waals surface area contributed by atoms with Gasteiger partial charge in [0, 0.05) is 6.42 Å². The molecule has 0 bridgehead atoms. The highest BCUT2D eigenvalue weighted by Gasteiger charge is 2.21. The molecule has 0 rings (SSSR count). The van der Waals surface area contributed by atoms with Crippen molar-refractivity contribution in [1.29, 1.82) is 0 Å². The summed E-state index contributed by atoms with van der Waals surface area (Å²) in [6.07, 6.45) is -1.30. The van der Waals surface area contributed by atoms with E-state index in [0.29, 0.717) is 6.42 Å². The molecule has 0 aliphatic carbocycles. The lowest BCUT2D eigenvalue weighted by molar-refractivity contribution is -0.265. The van der Waals surface area contributed by atoms with Gasteiger partial charge in [-0.1, -0.05) is 6.92 Å². The van der Waals surface area contributed by atoms with Gasteiger partial charge >= 0.3 is 11.9 Å². The Morgan fingerprint density at radius 3 is 2.50 bits per heavy atom. The molecule has 0 aromatic heterocycles. The van der Waals surface area contributed by atoms with E-state index in [-0.39, 0.29) is 13.0 Å². The van der Waals surface area contributed by atoms with Crippen molar-refractivity contribution in [1.82, 2.24) is 5.32 Å². The van der Waals surface area contributed by atoms with Crippen LogP contribution in [0.3, 0.4) is 0 Å². The van der Waals surface area contributed by atoms with Gasteiger partial charge in [-0.05, 0) is 6.42 Å². The van der Waals surface area contributed by atoms with E-state index in [1.54, 1.807) is 6.92 Å². The SMILES string of the molecule is CCCC(=O)OOC(=O)C(O)NC(=O)CN. The van der Waals surface area contributed by atoms with Crippen LogP contribution in [0.15, 0.2) is 0 Å². The first-order chi connectivity index (χ1) is 7.51. The number of hydrogen-bond donors (Lipinski definition) is 3. The lowest BCUT2D eigenvalue weighted by atomic mass is 10.3. The fourth-order valence-corrected chi connectivity index (χ4v) is 0.649. The largest absolute Gasteiger partial charge is 0.404 e. The highest BCUT2D eigenvalue weighted by molar-refractivity contribution is 5.84. The van der Waals surface area contributed by atoms with Gasteiger partial charge in [0.05, 0.1) is 6.54 Å². The van der Waals surface area contributed by atoms with Crippen LogP contribution in [0.25, 0.3) is 0 Å². The van der Waals surface area contributed by atoms with Crippen LogP contribution >= 0.6 is 0 Å². The van der Waals surface area contributed by atoms with Crippen LogP contribution in [0, 0.1) is 0 Å². The van der Waals surface area contributed by atoms with Gasteiger partial charge in [-0.3, -0.25) is 4.79 Å². The Kier molecular flexibility index (Phi) is 6.81. The predicted molar refractivity (Wildman–Crippen MR) is 50.3 cm³/mol. The second-order valence-corrected chi connectivity index (χ2v) is 2.78. The monoisotopic (exact) mass is 234 g/mol. The summed E-state index contributed by atoms with van der Waals surface area (Å²) in [5, 5.41) is 10.8. The van der Waals surface area contributed by atoms with E-state index >= 15 is 0 Å². The molecule has 0 heterocycles. The standard InChI is InChI=1S/C8H14N2O6/c1-2-3-6(12)15-16-8(14)7(13)10-5(11)4-9/h7,13H,2-4,9H2,1H3,(H,10,11). The molecule has 0 aliphatic rings. The molecule has 0 saturated heterocycles. The normalized spacial score (nSPS) is 11.4. The van der Waals surface area contributed by atoms with Crippen molar-refractivity contribution < 1.29 is 29.3 Å². The lowest BCUT2D eigenvalue weighted by Gasteiger charge is -2.09. The number of nitrogens with two attached hydrogens (primary N) is 1. The second-order valence-electron chi connectivity index (χ2n) is 2.78. The van der Waals surface area contributed by atoms with E-state index in [1.807, 2.05) is 5.32 Å². The smallest absolute Gasteiger partial charge is 0.364 e. The molecule has 0 saturated carbocycles. The molecule has 0 fully saturated rings. The number of carbonyl (C=O) groups is 3.